The number of aromatic nitrogens is 1. The highest BCUT2D eigenvalue weighted by Gasteiger charge is 2.17. The van der Waals surface area contributed by atoms with E-state index in [-0.39, 0.29) is 25.2 Å². The number of benzene rings is 1. The zero-order valence-corrected chi connectivity index (χ0v) is 13.4. The van der Waals surface area contributed by atoms with Gasteiger partial charge in [-0.3, -0.25) is 9.59 Å². The van der Waals surface area contributed by atoms with Gasteiger partial charge < -0.3 is 29.1 Å². The maximum atomic E-state index is 12.3. The van der Waals surface area contributed by atoms with Crippen LogP contribution in [0.25, 0.3) is 11.1 Å². The first-order valence-electron chi connectivity index (χ1n) is 7.62. The third-order valence-electron chi connectivity index (χ3n) is 3.96. The Morgan fingerprint density at radius 2 is 2.00 bits per heavy atom. The van der Waals surface area contributed by atoms with Crippen LogP contribution in [0.4, 0.5) is 5.69 Å². The Labute approximate surface area is 142 Å². The van der Waals surface area contributed by atoms with Crippen LogP contribution in [0, 0.1) is 0 Å². The monoisotopic (exact) mass is 341 g/mol. The van der Waals surface area contributed by atoms with Crippen LogP contribution in [0.2, 0.25) is 0 Å². The first-order chi connectivity index (χ1) is 12.1. The van der Waals surface area contributed by atoms with E-state index in [9.17, 15) is 9.59 Å². The molecule has 0 fully saturated rings. The van der Waals surface area contributed by atoms with Crippen LogP contribution in [0.1, 0.15) is 10.5 Å². The van der Waals surface area contributed by atoms with Gasteiger partial charge in [0.1, 0.15) is 5.69 Å². The summed E-state index contributed by atoms with van der Waals surface area (Å²) in [4.78, 5) is 24.3. The molecule has 4 rings (SSSR count). The van der Waals surface area contributed by atoms with Crippen LogP contribution in [0.3, 0.4) is 0 Å². The summed E-state index contributed by atoms with van der Waals surface area (Å²) >= 11 is 0. The van der Waals surface area contributed by atoms with Gasteiger partial charge in [-0.15, -0.1) is 0 Å². The van der Waals surface area contributed by atoms with E-state index in [0.717, 1.165) is 5.52 Å². The maximum absolute atomic E-state index is 12.3. The van der Waals surface area contributed by atoms with Gasteiger partial charge >= 0.3 is 0 Å². The molecular formula is C17H15N3O5. The molecule has 0 spiro atoms. The molecule has 0 saturated carbocycles. The molecule has 1 aliphatic rings. The average Bonchev–Trinajstić information content (AvgIpc) is 3.30. The number of nitrogens with zero attached hydrogens (tertiary/aromatic N) is 1. The van der Waals surface area contributed by atoms with Gasteiger partial charge in [-0.25, -0.2) is 0 Å². The van der Waals surface area contributed by atoms with Gasteiger partial charge in [0.15, 0.2) is 17.1 Å². The summed E-state index contributed by atoms with van der Waals surface area (Å²) in [5, 5.41) is 5.29. The summed E-state index contributed by atoms with van der Waals surface area (Å²) in [7, 11) is 1.76. The summed E-state index contributed by atoms with van der Waals surface area (Å²) in [6.07, 6.45) is 1.56. The van der Waals surface area contributed by atoms with E-state index in [1.54, 1.807) is 48.2 Å². The Hall–Kier alpha value is -3.42. The average molecular weight is 341 g/mol. The first-order valence-corrected chi connectivity index (χ1v) is 7.62. The number of furan rings is 1. The van der Waals surface area contributed by atoms with Crippen molar-refractivity contribution in [3.8, 4) is 11.5 Å². The number of fused-ring (bicyclic) bond motifs is 2. The second-order valence-corrected chi connectivity index (χ2v) is 5.56. The molecular weight excluding hydrogens is 326 g/mol. The van der Waals surface area contributed by atoms with Crippen molar-refractivity contribution >= 4 is 28.6 Å². The summed E-state index contributed by atoms with van der Waals surface area (Å²) in [5.41, 5.74) is 2.43. The third kappa shape index (κ3) is 2.78. The molecule has 3 aromatic rings. The van der Waals surface area contributed by atoms with Crippen molar-refractivity contribution in [1.82, 2.24) is 9.88 Å². The number of carbonyl (C=O) groups is 2. The van der Waals surface area contributed by atoms with Gasteiger partial charge in [0.05, 0.1) is 18.3 Å². The number of rotatable bonds is 4. The summed E-state index contributed by atoms with van der Waals surface area (Å²) < 4.78 is 17.5. The predicted octanol–water partition coefficient (Wildman–Crippen LogP) is 1.87. The second-order valence-electron chi connectivity index (χ2n) is 5.56. The second kappa shape index (κ2) is 5.90. The molecule has 0 aliphatic carbocycles. The fourth-order valence-corrected chi connectivity index (χ4v) is 2.70. The van der Waals surface area contributed by atoms with Crippen molar-refractivity contribution < 1.29 is 23.5 Å². The SMILES string of the molecule is Cn1c(C(=O)NCC(=O)Nc2ccc3c(c2)OCO3)cc2occc21. The van der Waals surface area contributed by atoms with Crippen molar-refractivity contribution in [3.05, 3.63) is 42.3 Å². The molecule has 1 aromatic carbocycles. The summed E-state index contributed by atoms with van der Waals surface area (Å²) in [5.74, 6) is 0.521. The highest BCUT2D eigenvalue weighted by atomic mass is 16.7. The molecule has 25 heavy (non-hydrogen) atoms. The maximum Gasteiger partial charge on any atom is 0.268 e. The fourth-order valence-electron chi connectivity index (χ4n) is 2.70. The lowest BCUT2D eigenvalue weighted by atomic mass is 10.2. The highest BCUT2D eigenvalue weighted by molar-refractivity contribution is 6.01. The quantitative estimate of drug-likeness (QED) is 0.755. The molecule has 0 saturated heterocycles. The van der Waals surface area contributed by atoms with Gasteiger partial charge in [-0.2, -0.15) is 0 Å². The van der Waals surface area contributed by atoms with Crippen molar-refractivity contribution in [3.63, 3.8) is 0 Å². The lowest BCUT2D eigenvalue weighted by Crippen LogP contribution is -2.33. The van der Waals surface area contributed by atoms with Gasteiger partial charge in [-0.1, -0.05) is 0 Å². The molecule has 8 heteroatoms. The van der Waals surface area contributed by atoms with Gasteiger partial charge in [0.2, 0.25) is 12.7 Å². The van der Waals surface area contributed by atoms with E-state index in [0.29, 0.717) is 28.5 Å². The number of ether oxygens (including phenoxy) is 2. The van der Waals surface area contributed by atoms with E-state index >= 15 is 0 Å². The highest BCUT2D eigenvalue weighted by Crippen LogP contribution is 2.34. The number of amides is 2. The molecule has 0 unspecified atom stereocenters. The van der Waals surface area contributed by atoms with E-state index in [4.69, 9.17) is 13.9 Å². The van der Waals surface area contributed by atoms with E-state index in [1.807, 2.05) is 0 Å². The Morgan fingerprint density at radius 1 is 1.16 bits per heavy atom. The third-order valence-corrected chi connectivity index (χ3v) is 3.96. The van der Waals surface area contributed by atoms with Crippen LogP contribution in [-0.4, -0.2) is 29.7 Å². The van der Waals surface area contributed by atoms with E-state index in [1.165, 1.54) is 0 Å². The smallest absolute Gasteiger partial charge is 0.268 e. The molecule has 0 atom stereocenters. The fraction of sp³-hybridized carbons (Fsp3) is 0.176. The van der Waals surface area contributed by atoms with Crippen LogP contribution in [0.15, 0.2) is 41.0 Å². The zero-order valence-electron chi connectivity index (χ0n) is 13.4. The minimum absolute atomic E-state index is 0.153. The van der Waals surface area contributed by atoms with Crippen molar-refractivity contribution in [1.29, 1.82) is 0 Å². The van der Waals surface area contributed by atoms with Crippen LogP contribution in [-0.2, 0) is 11.8 Å². The number of hydrogen-bond donors (Lipinski definition) is 2. The molecule has 2 N–H and O–H groups in total. The van der Waals surface area contributed by atoms with Crippen LogP contribution >= 0.6 is 0 Å². The Kier molecular flexibility index (Phi) is 3.57. The molecule has 2 amide bonds. The van der Waals surface area contributed by atoms with Crippen molar-refractivity contribution in [2.75, 3.05) is 18.7 Å². The predicted molar refractivity (Wildman–Crippen MR) is 88.7 cm³/mol. The summed E-state index contributed by atoms with van der Waals surface area (Å²) in [6, 6.07) is 8.51. The molecule has 8 nitrogen and oxygen atoms in total. The zero-order chi connectivity index (χ0) is 17.4. The van der Waals surface area contributed by atoms with Crippen LogP contribution in [0.5, 0.6) is 11.5 Å². The lowest BCUT2D eigenvalue weighted by molar-refractivity contribution is -0.115. The summed E-state index contributed by atoms with van der Waals surface area (Å²) in [6.45, 7) is 0.0160. The molecule has 1 aliphatic heterocycles. The first kappa shape index (κ1) is 15.1. The minimum atomic E-state index is -0.352. The number of carbonyl (C=O) groups excluding carboxylic acids is 2. The molecule has 0 radical (unpaired) electrons. The number of aryl methyl sites for hydroxylation is 1. The number of anilines is 1. The Balaban J connectivity index is 1.37. The van der Waals surface area contributed by atoms with Crippen molar-refractivity contribution in [2.45, 2.75) is 0 Å². The molecule has 128 valence electrons. The molecule has 0 bridgehead atoms. The largest absolute Gasteiger partial charge is 0.463 e. The van der Waals surface area contributed by atoms with Gasteiger partial charge in [-0.05, 0) is 12.1 Å². The van der Waals surface area contributed by atoms with E-state index < -0.39 is 0 Å². The number of hydrogen-bond acceptors (Lipinski definition) is 5. The molecule has 3 heterocycles. The van der Waals surface area contributed by atoms with Gasteiger partial charge in [0, 0.05) is 30.9 Å². The topological polar surface area (TPSA) is 94.7 Å². The van der Waals surface area contributed by atoms with Crippen molar-refractivity contribution in [2.24, 2.45) is 7.05 Å². The van der Waals surface area contributed by atoms with E-state index in [2.05, 4.69) is 10.6 Å². The number of nitrogens with one attached hydrogen (secondary N) is 2. The standard InChI is InChI=1S/C17H15N3O5/c1-20-11-4-5-23-14(11)7-12(20)17(22)18-8-16(21)19-10-2-3-13-15(6-10)25-9-24-13/h2-7H,8-9H2,1H3,(H,18,22)(H,19,21). The Morgan fingerprint density at radius 3 is 2.84 bits per heavy atom. The lowest BCUT2D eigenvalue weighted by Gasteiger charge is -2.08. The molecule has 2 aromatic heterocycles. The van der Waals surface area contributed by atoms with Crippen LogP contribution < -0.4 is 20.1 Å². The minimum Gasteiger partial charge on any atom is -0.463 e. The van der Waals surface area contributed by atoms with Gasteiger partial charge in [0.25, 0.3) is 5.91 Å². The Bertz CT molecular complexity index is 972. The normalized spacial score (nSPS) is 12.4.